The second-order valence-corrected chi connectivity index (χ2v) is 7.34. The molecule has 2 unspecified atom stereocenters. The molecule has 1 aromatic carbocycles. The van der Waals surface area contributed by atoms with Crippen LogP contribution in [0.3, 0.4) is 0 Å². The monoisotopic (exact) mass is 430 g/mol. The molecule has 2 aliphatic rings. The number of hydrogen-bond donors (Lipinski definition) is 1. The summed E-state index contributed by atoms with van der Waals surface area (Å²) in [6, 6.07) is 3.93. The Morgan fingerprint density at radius 1 is 1.37 bits per heavy atom. The van der Waals surface area contributed by atoms with Crippen molar-refractivity contribution in [1.29, 1.82) is 5.26 Å². The molecule has 2 heterocycles. The van der Waals surface area contributed by atoms with E-state index in [0.717, 1.165) is 34.3 Å². The van der Waals surface area contributed by atoms with Gasteiger partial charge in [0.05, 0.1) is 36.7 Å². The van der Waals surface area contributed by atoms with Crippen LogP contribution in [-0.4, -0.2) is 30.4 Å². The highest BCUT2D eigenvalue weighted by Crippen LogP contribution is 2.49. The molecule has 140 valence electrons. The van der Waals surface area contributed by atoms with Gasteiger partial charge in [-0.1, -0.05) is 6.08 Å². The summed E-state index contributed by atoms with van der Waals surface area (Å²) in [5.41, 5.74) is 9.69. The van der Waals surface area contributed by atoms with Crippen LogP contribution in [0.5, 0.6) is 11.5 Å². The van der Waals surface area contributed by atoms with Crippen LogP contribution >= 0.6 is 15.9 Å². The molecule has 2 atom stereocenters. The van der Waals surface area contributed by atoms with E-state index in [0.29, 0.717) is 18.1 Å². The molecule has 8 heteroatoms. The number of nitriles is 1. The van der Waals surface area contributed by atoms with Crippen molar-refractivity contribution in [3.63, 3.8) is 0 Å². The molecule has 2 N–H and O–H groups in total. The zero-order valence-electron chi connectivity index (χ0n) is 15.0. The molecule has 0 bridgehead atoms. The average Bonchev–Trinajstić information content (AvgIpc) is 3.02. The molecular formula is C19H19BrN4O3. The van der Waals surface area contributed by atoms with Gasteiger partial charge >= 0.3 is 0 Å². The van der Waals surface area contributed by atoms with Crippen molar-refractivity contribution in [3.8, 4) is 17.7 Å². The van der Waals surface area contributed by atoms with E-state index in [2.05, 4.69) is 33.2 Å². The molecule has 7 nitrogen and oxygen atoms in total. The van der Waals surface area contributed by atoms with E-state index >= 15 is 0 Å². The zero-order chi connectivity index (χ0) is 19.1. The third kappa shape index (κ3) is 2.78. The van der Waals surface area contributed by atoms with Gasteiger partial charge in [0, 0.05) is 5.92 Å². The van der Waals surface area contributed by atoms with Crippen LogP contribution in [0.15, 0.2) is 28.3 Å². The molecule has 27 heavy (non-hydrogen) atoms. The fraction of sp³-hybridized carbons (Fsp3) is 0.368. The van der Waals surface area contributed by atoms with Crippen molar-refractivity contribution in [3.05, 3.63) is 45.2 Å². The predicted molar refractivity (Wildman–Crippen MR) is 103 cm³/mol. The highest BCUT2D eigenvalue weighted by molar-refractivity contribution is 9.10. The van der Waals surface area contributed by atoms with Crippen LogP contribution in [-0.2, 0) is 4.74 Å². The van der Waals surface area contributed by atoms with Gasteiger partial charge in [-0.05, 0) is 52.0 Å². The van der Waals surface area contributed by atoms with Crippen LogP contribution in [0.25, 0.3) is 0 Å². The second-order valence-electron chi connectivity index (χ2n) is 6.49. The number of nitrogens with zero attached hydrogens (tertiary/aromatic N) is 3. The van der Waals surface area contributed by atoms with Gasteiger partial charge in [0.1, 0.15) is 6.10 Å². The van der Waals surface area contributed by atoms with Gasteiger partial charge in [-0.2, -0.15) is 5.26 Å². The molecule has 0 amide bonds. The van der Waals surface area contributed by atoms with Crippen molar-refractivity contribution in [1.82, 2.24) is 9.55 Å². The van der Waals surface area contributed by atoms with Gasteiger partial charge in [-0.15, -0.1) is 0 Å². The lowest BCUT2D eigenvalue weighted by molar-refractivity contribution is 0.0606. The Kier molecular flexibility index (Phi) is 4.58. The van der Waals surface area contributed by atoms with E-state index in [1.165, 1.54) is 10.1 Å². The maximum absolute atomic E-state index is 9.65. The smallest absolute Gasteiger partial charge is 0.214 e. The van der Waals surface area contributed by atoms with E-state index in [9.17, 15) is 5.26 Å². The quantitative estimate of drug-likeness (QED) is 0.748. The lowest BCUT2D eigenvalue weighted by Gasteiger charge is -2.33. The summed E-state index contributed by atoms with van der Waals surface area (Å²) < 4.78 is 19.1. The first-order valence-electron chi connectivity index (χ1n) is 8.59. The molecule has 1 aromatic heterocycles. The number of nitrogens with two attached hydrogens (primary N) is 1. The molecule has 0 saturated heterocycles. The van der Waals surface area contributed by atoms with Crippen LogP contribution < -0.4 is 15.2 Å². The number of ether oxygens (including phenoxy) is 3. The van der Waals surface area contributed by atoms with Crippen LogP contribution in [0.1, 0.15) is 41.8 Å². The number of methoxy groups -OCH3 is 2. The van der Waals surface area contributed by atoms with Crippen molar-refractivity contribution >= 4 is 21.9 Å². The molecule has 1 aliphatic carbocycles. The molecule has 0 saturated carbocycles. The molecule has 0 spiro atoms. The van der Waals surface area contributed by atoms with Crippen molar-refractivity contribution < 1.29 is 14.2 Å². The summed E-state index contributed by atoms with van der Waals surface area (Å²) in [5, 5.41) is 9.65. The summed E-state index contributed by atoms with van der Waals surface area (Å²) in [5.74, 6) is 1.34. The third-order valence-electron chi connectivity index (χ3n) is 5.09. The van der Waals surface area contributed by atoms with Gasteiger partial charge in [-0.25, -0.2) is 9.55 Å². The van der Waals surface area contributed by atoms with E-state index in [1.54, 1.807) is 14.2 Å². The Morgan fingerprint density at radius 2 is 2.19 bits per heavy atom. The molecule has 1 aliphatic heterocycles. The zero-order valence-corrected chi connectivity index (χ0v) is 16.6. The maximum Gasteiger partial charge on any atom is 0.214 e. The van der Waals surface area contributed by atoms with E-state index in [1.807, 2.05) is 12.1 Å². The first-order chi connectivity index (χ1) is 13.1. The summed E-state index contributed by atoms with van der Waals surface area (Å²) in [6.45, 7) is 0.638. The molecule has 4 rings (SSSR count). The molecule has 0 fully saturated rings. The van der Waals surface area contributed by atoms with Gasteiger partial charge in [0.25, 0.3) is 0 Å². The largest absolute Gasteiger partial charge is 0.493 e. The Hall–Kier alpha value is -2.50. The highest BCUT2D eigenvalue weighted by Gasteiger charge is 2.39. The minimum Gasteiger partial charge on any atom is -0.493 e. The fourth-order valence-corrected chi connectivity index (χ4v) is 4.56. The summed E-state index contributed by atoms with van der Waals surface area (Å²) >= 11 is 3.56. The lowest BCUT2D eigenvalue weighted by Crippen LogP contribution is -2.24. The Bertz CT molecular complexity index is 976. The number of benzene rings is 1. The summed E-state index contributed by atoms with van der Waals surface area (Å²) in [7, 11) is 3.20. The Balaban J connectivity index is 1.92. The predicted octanol–water partition coefficient (Wildman–Crippen LogP) is 3.50. The van der Waals surface area contributed by atoms with Crippen LogP contribution in [0, 0.1) is 11.5 Å². The lowest BCUT2D eigenvalue weighted by atomic mass is 9.79. The number of anilines is 1. The number of halogens is 1. The second kappa shape index (κ2) is 6.91. The molecular weight excluding hydrogens is 412 g/mol. The number of nitrogen functional groups attached to an aromatic ring is 1. The third-order valence-corrected chi connectivity index (χ3v) is 5.68. The van der Waals surface area contributed by atoms with Gasteiger partial charge < -0.3 is 19.9 Å². The molecule has 0 radical (unpaired) electrons. The van der Waals surface area contributed by atoms with Crippen LogP contribution in [0.2, 0.25) is 0 Å². The first-order valence-corrected chi connectivity index (χ1v) is 9.38. The van der Waals surface area contributed by atoms with E-state index in [-0.39, 0.29) is 18.0 Å². The normalized spacial score (nSPS) is 20.9. The van der Waals surface area contributed by atoms with Crippen molar-refractivity contribution in [2.24, 2.45) is 0 Å². The fourth-order valence-electron chi connectivity index (χ4n) is 3.94. The van der Waals surface area contributed by atoms with Gasteiger partial charge in [-0.3, -0.25) is 0 Å². The van der Waals surface area contributed by atoms with E-state index < -0.39 is 0 Å². The molecule has 2 aromatic rings. The summed E-state index contributed by atoms with van der Waals surface area (Å²) in [6.07, 6.45) is 5.73. The minimum absolute atomic E-state index is 0.0928. The average molecular weight is 431 g/mol. The van der Waals surface area contributed by atoms with Crippen molar-refractivity contribution in [2.45, 2.75) is 24.9 Å². The first kappa shape index (κ1) is 17.9. The Morgan fingerprint density at radius 3 is 2.89 bits per heavy atom. The standard InChI is InChI=1S/C19H19BrN4O3/c1-25-14-8-11(7-13(20)18(14)26-2)12-6-10-4-3-5-27-17(10)15-16(12)24(9-21)19(22)23-15/h4,7-8,12,17H,3,5-6H2,1-2H3,(H2,22,23). The topological polar surface area (TPSA) is 95.3 Å². The van der Waals surface area contributed by atoms with Gasteiger partial charge in [0.2, 0.25) is 5.95 Å². The Labute approximate surface area is 165 Å². The highest BCUT2D eigenvalue weighted by atomic mass is 79.9. The summed E-state index contributed by atoms with van der Waals surface area (Å²) in [4.78, 5) is 4.47. The minimum atomic E-state index is -0.231. The number of hydrogen-bond acceptors (Lipinski definition) is 6. The van der Waals surface area contributed by atoms with Gasteiger partial charge in [0.15, 0.2) is 17.7 Å². The number of aromatic nitrogens is 2. The van der Waals surface area contributed by atoms with Crippen molar-refractivity contribution in [2.75, 3.05) is 26.6 Å². The van der Waals surface area contributed by atoms with E-state index in [4.69, 9.17) is 19.9 Å². The van der Waals surface area contributed by atoms with Crippen LogP contribution in [0.4, 0.5) is 5.95 Å². The maximum atomic E-state index is 9.65. The number of fused-ring (bicyclic) bond motifs is 3. The SMILES string of the molecule is COc1cc(C2CC3=CCCOC3c3nc(N)n(C#N)c32)cc(Br)c1OC. The number of imidazole rings is 1. The number of rotatable bonds is 3.